The Kier molecular flexibility index (Phi) is 4.02. The molecule has 1 aromatic heterocycles. The highest BCUT2D eigenvalue weighted by Crippen LogP contribution is 2.45. The lowest BCUT2D eigenvalue weighted by Crippen LogP contribution is -2.12. The van der Waals surface area contributed by atoms with Gasteiger partial charge in [0.2, 0.25) is 5.91 Å². The Morgan fingerprint density at radius 3 is 2.73 bits per heavy atom. The topological polar surface area (TPSA) is 60.9 Å². The molecule has 0 bridgehead atoms. The number of rotatable bonds is 5. The van der Waals surface area contributed by atoms with Crippen molar-refractivity contribution >= 4 is 16.8 Å². The van der Waals surface area contributed by atoms with E-state index in [2.05, 4.69) is 26.0 Å². The van der Waals surface area contributed by atoms with E-state index in [1.165, 1.54) is 36.6 Å². The standard InChI is InChI=1S/C21H22FN3O/c1-3-8-25-20-16(13-4-5-13)9-12(2)10-18(20)19(24-25)17-11-14(22)6-7-15(17)21(23)26/h6-7,9-11,13H,3-5,8H2,1-2H3,(H2,23,26). The van der Waals surface area contributed by atoms with E-state index in [0.717, 1.165) is 29.4 Å². The molecule has 0 spiro atoms. The van der Waals surface area contributed by atoms with E-state index in [9.17, 15) is 9.18 Å². The van der Waals surface area contributed by atoms with Crippen LogP contribution < -0.4 is 5.73 Å². The number of aromatic nitrogens is 2. The Hall–Kier alpha value is -2.69. The Balaban J connectivity index is 2.06. The van der Waals surface area contributed by atoms with Crippen molar-refractivity contribution in [1.82, 2.24) is 9.78 Å². The molecule has 0 atom stereocenters. The van der Waals surface area contributed by atoms with Gasteiger partial charge in [-0.1, -0.05) is 18.6 Å². The van der Waals surface area contributed by atoms with Crippen molar-refractivity contribution in [3.8, 4) is 11.3 Å². The summed E-state index contributed by atoms with van der Waals surface area (Å²) in [5.74, 6) is -0.410. The summed E-state index contributed by atoms with van der Waals surface area (Å²) in [7, 11) is 0. The highest BCUT2D eigenvalue weighted by atomic mass is 19.1. The third-order valence-electron chi connectivity index (χ3n) is 4.97. The van der Waals surface area contributed by atoms with Gasteiger partial charge in [0.1, 0.15) is 11.5 Å². The van der Waals surface area contributed by atoms with Gasteiger partial charge >= 0.3 is 0 Å². The van der Waals surface area contributed by atoms with Gasteiger partial charge < -0.3 is 5.73 Å². The number of fused-ring (bicyclic) bond motifs is 1. The summed E-state index contributed by atoms with van der Waals surface area (Å²) in [4.78, 5) is 11.9. The van der Waals surface area contributed by atoms with Gasteiger partial charge in [0, 0.05) is 23.1 Å². The number of aryl methyl sites for hydroxylation is 2. The minimum Gasteiger partial charge on any atom is -0.366 e. The van der Waals surface area contributed by atoms with Crippen molar-refractivity contribution in [2.24, 2.45) is 5.73 Å². The number of carbonyl (C=O) groups excluding carboxylic acids is 1. The number of carbonyl (C=O) groups is 1. The molecule has 26 heavy (non-hydrogen) atoms. The summed E-state index contributed by atoms with van der Waals surface area (Å²) in [5.41, 5.74) is 10.5. The molecule has 0 unspecified atom stereocenters. The first kappa shape index (κ1) is 16.8. The van der Waals surface area contributed by atoms with Crippen molar-refractivity contribution in [2.75, 3.05) is 0 Å². The molecule has 1 saturated carbocycles. The molecule has 0 saturated heterocycles. The minimum atomic E-state index is -0.576. The van der Waals surface area contributed by atoms with Gasteiger partial charge in [0.15, 0.2) is 0 Å². The van der Waals surface area contributed by atoms with Crippen LogP contribution in [0.5, 0.6) is 0 Å². The average molecular weight is 351 g/mol. The van der Waals surface area contributed by atoms with Crippen molar-refractivity contribution < 1.29 is 9.18 Å². The van der Waals surface area contributed by atoms with Crippen molar-refractivity contribution in [3.05, 3.63) is 52.8 Å². The van der Waals surface area contributed by atoms with Gasteiger partial charge in [0.25, 0.3) is 0 Å². The second-order valence-corrected chi connectivity index (χ2v) is 7.15. The van der Waals surface area contributed by atoms with Crippen LogP contribution in [-0.2, 0) is 6.54 Å². The lowest BCUT2D eigenvalue weighted by molar-refractivity contribution is 0.100. The summed E-state index contributed by atoms with van der Waals surface area (Å²) in [5, 5.41) is 5.75. The molecule has 1 aliphatic rings. The number of primary amides is 1. The number of halogens is 1. The maximum absolute atomic E-state index is 14.0. The quantitative estimate of drug-likeness (QED) is 0.734. The van der Waals surface area contributed by atoms with Crippen molar-refractivity contribution in [2.45, 2.75) is 45.6 Å². The van der Waals surface area contributed by atoms with Gasteiger partial charge in [-0.2, -0.15) is 5.10 Å². The zero-order chi connectivity index (χ0) is 18.4. The molecular weight excluding hydrogens is 329 g/mol. The molecule has 2 N–H and O–H groups in total. The van der Waals surface area contributed by atoms with Crippen LogP contribution >= 0.6 is 0 Å². The molecule has 0 radical (unpaired) electrons. The third kappa shape index (κ3) is 2.77. The lowest BCUT2D eigenvalue weighted by atomic mass is 9.97. The fraction of sp³-hybridized carbons (Fsp3) is 0.333. The van der Waals surface area contributed by atoms with Crippen molar-refractivity contribution in [1.29, 1.82) is 0 Å². The van der Waals surface area contributed by atoms with Gasteiger partial charge in [-0.15, -0.1) is 0 Å². The SMILES string of the molecule is CCCn1nc(-c2cc(F)ccc2C(N)=O)c2cc(C)cc(C3CC3)c21. The van der Waals surface area contributed by atoms with Crippen LogP contribution in [-0.4, -0.2) is 15.7 Å². The van der Waals surface area contributed by atoms with Crippen LogP contribution in [0.25, 0.3) is 22.2 Å². The third-order valence-corrected chi connectivity index (χ3v) is 4.97. The summed E-state index contributed by atoms with van der Waals surface area (Å²) in [6.45, 7) is 4.95. The number of nitrogens with two attached hydrogens (primary N) is 1. The highest BCUT2D eigenvalue weighted by molar-refractivity contribution is 6.04. The predicted molar refractivity (Wildman–Crippen MR) is 101 cm³/mol. The van der Waals surface area contributed by atoms with E-state index < -0.39 is 11.7 Å². The number of benzene rings is 2. The van der Waals surface area contributed by atoms with E-state index in [-0.39, 0.29) is 0 Å². The fourth-order valence-corrected chi connectivity index (χ4v) is 3.71. The van der Waals surface area contributed by atoms with Gasteiger partial charge in [-0.05, 0) is 61.9 Å². The average Bonchev–Trinajstić information content (AvgIpc) is 3.37. The number of hydrogen-bond acceptors (Lipinski definition) is 2. The van der Waals surface area contributed by atoms with Crippen molar-refractivity contribution in [3.63, 3.8) is 0 Å². The van der Waals surface area contributed by atoms with Gasteiger partial charge in [-0.25, -0.2) is 4.39 Å². The molecule has 1 fully saturated rings. The van der Waals surface area contributed by atoms with Crippen LogP contribution in [0.15, 0.2) is 30.3 Å². The van der Waals surface area contributed by atoms with Gasteiger partial charge in [0.05, 0.1) is 5.52 Å². The molecule has 1 amide bonds. The smallest absolute Gasteiger partial charge is 0.249 e. The van der Waals surface area contributed by atoms with Crippen LogP contribution in [0.2, 0.25) is 0 Å². The number of nitrogens with zero attached hydrogens (tertiary/aromatic N) is 2. The fourth-order valence-electron chi connectivity index (χ4n) is 3.71. The van der Waals surface area contributed by atoms with E-state index in [0.29, 0.717) is 22.7 Å². The Morgan fingerprint density at radius 2 is 2.08 bits per heavy atom. The van der Waals surface area contributed by atoms with Crippen LogP contribution in [0, 0.1) is 12.7 Å². The largest absolute Gasteiger partial charge is 0.366 e. The predicted octanol–water partition coefficient (Wildman–Crippen LogP) is 4.54. The first-order valence-electron chi connectivity index (χ1n) is 9.10. The van der Waals surface area contributed by atoms with Gasteiger partial charge in [-0.3, -0.25) is 9.48 Å². The molecule has 1 heterocycles. The number of hydrogen-bond donors (Lipinski definition) is 1. The molecule has 3 aromatic rings. The first-order valence-corrected chi connectivity index (χ1v) is 9.10. The summed E-state index contributed by atoms with van der Waals surface area (Å²) >= 11 is 0. The Morgan fingerprint density at radius 1 is 1.31 bits per heavy atom. The first-order chi connectivity index (χ1) is 12.5. The summed E-state index contributed by atoms with van der Waals surface area (Å²) in [6, 6.07) is 8.37. The van der Waals surface area contributed by atoms with Crippen LogP contribution in [0.3, 0.4) is 0 Å². The monoisotopic (exact) mass is 351 g/mol. The molecule has 5 heteroatoms. The van der Waals surface area contributed by atoms with E-state index in [1.54, 1.807) is 0 Å². The molecule has 4 rings (SSSR count). The second kappa shape index (κ2) is 6.24. The molecule has 1 aliphatic carbocycles. The molecule has 134 valence electrons. The second-order valence-electron chi connectivity index (χ2n) is 7.15. The Bertz CT molecular complexity index is 1020. The zero-order valence-corrected chi connectivity index (χ0v) is 15.1. The minimum absolute atomic E-state index is 0.295. The van der Waals surface area contributed by atoms with Crippen LogP contribution in [0.1, 0.15) is 53.6 Å². The van der Waals surface area contributed by atoms with E-state index in [4.69, 9.17) is 10.8 Å². The normalized spacial score (nSPS) is 14.1. The molecule has 0 aliphatic heterocycles. The Labute approximate surface area is 151 Å². The van der Waals surface area contributed by atoms with E-state index >= 15 is 0 Å². The van der Waals surface area contributed by atoms with E-state index in [1.807, 2.05) is 4.68 Å². The number of amides is 1. The molecular formula is C21H22FN3O. The summed E-state index contributed by atoms with van der Waals surface area (Å²) < 4.78 is 16.0. The zero-order valence-electron chi connectivity index (χ0n) is 15.1. The lowest BCUT2D eigenvalue weighted by Gasteiger charge is -2.08. The molecule has 4 nitrogen and oxygen atoms in total. The van der Waals surface area contributed by atoms with Crippen LogP contribution in [0.4, 0.5) is 4.39 Å². The maximum atomic E-state index is 14.0. The molecule has 2 aromatic carbocycles. The highest BCUT2D eigenvalue weighted by Gasteiger charge is 2.29. The summed E-state index contributed by atoms with van der Waals surface area (Å²) in [6.07, 6.45) is 3.33. The maximum Gasteiger partial charge on any atom is 0.249 e.